The molecule has 0 aliphatic rings. The molecule has 0 unspecified atom stereocenters. The van der Waals surface area contributed by atoms with Gasteiger partial charge in [-0.25, -0.2) is 0 Å². The van der Waals surface area contributed by atoms with E-state index in [2.05, 4.69) is 38.2 Å². The van der Waals surface area contributed by atoms with Gasteiger partial charge in [0.2, 0.25) is 0 Å². The highest BCUT2D eigenvalue weighted by Crippen LogP contribution is 2.25. The van der Waals surface area contributed by atoms with Crippen LogP contribution in [0, 0.1) is 5.41 Å². The molecule has 0 N–H and O–H groups in total. The van der Waals surface area contributed by atoms with Crippen molar-refractivity contribution < 1.29 is 19.1 Å². The van der Waals surface area contributed by atoms with Crippen LogP contribution in [0.4, 0.5) is 0 Å². The fourth-order valence-electron chi connectivity index (χ4n) is 5.41. The second kappa shape index (κ2) is 32.4. The number of hydrogen-bond acceptors (Lipinski definition) is 4. The summed E-state index contributed by atoms with van der Waals surface area (Å²) in [6.07, 6.45) is 41.3. The lowest BCUT2D eigenvalue weighted by molar-refractivity contribution is -0.207. The molecular weight excluding hydrogens is 556 g/mol. The Kier molecular flexibility index (Phi) is 31.2. The van der Waals surface area contributed by atoms with Gasteiger partial charge in [-0.3, -0.25) is 9.59 Å². The molecule has 4 heteroatoms. The van der Waals surface area contributed by atoms with E-state index < -0.39 is 11.7 Å². The van der Waals surface area contributed by atoms with Crippen molar-refractivity contribution >= 4 is 11.9 Å². The Bertz CT molecular complexity index is 664. The minimum absolute atomic E-state index is 0.263. The molecule has 0 heterocycles. The van der Waals surface area contributed by atoms with Crippen LogP contribution in [-0.2, 0) is 19.1 Å². The van der Waals surface area contributed by atoms with Crippen LogP contribution in [0.1, 0.15) is 214 Å². The van der Waals surface area contributed by atoms with Crippen LogP contribution in [-0.4, -0.2) is 18.2 Å². The van der Waals surface area contributed by atoms with Crippen molar-refractivity contribution in [1.82, 2.24) is 0 Å². The Balaban J connectivity index is 3.84. The number of unbranched alkanes of at least 4 members (excludes halogenated alkanes) is 22. The fraction of sp³-hybridized carbons (Fsp3) is 0.854. The lowest BCUT2D eigenvalue weighted by Gasteiger charge is -2.29. The molecule has 0 aromatic rings. The van der Waals surface area contributed by atoms with Gasteiger partial charge in [0.1, 0.15) is 0 Å². The van der Waals surface area contributed by atoms with Gasteiger partial charge in [-0.1, -0.05) is 162 Å². The zero-order chi connectivity index (χ0) is 33.3. The molecule has 0 rings (SSSR count). The summed E-state index contributed by atoms with van der Waals surface area (Å²) in [7, 11) is 0. The maximum Gasteiger partial charge on any atom is 0.308 e. The minimum Gasteiger partial charge on any atom is -0.425 e. The average Bonchev–Trinajstić information content (AvgIpc) is 3.00. The monoisotopic (exact) mass is 633 g/mol. The van der Waals surface area contributed by atoms with Gasteiger partial charge >= 0.3 is 11.9 Å². The van der Waals surface area contributed by atoms with Crippen LogP contribution < -0.4 is 0 Å². The summed E-state index contributed by atoms with van der Waals surface area (Å²) in [5, 5.41) is 0. The highest BCUT2D eigenvalue weighted by Gasteiger charge is 2.31. The van der Waals surface area contributed by atoms with Crippen molar-refractivity contribution in [1.29, 1.82) is 0 Å². The van der Waals surface area contributed by atoms with E-state index in [1.807, 2.05) is 20.8 Å². The Labute approximate surface area is 281 Å². The van der Waals surface area contributed by atoms with Gasteiger partial charge in [0.25, 0.3) is 6.29 Å². The van der Waals surface area contributed by atoms with Crippen LogP contribution in [0.25, 0.3) is 0 Å². The fourth-order valence-corrected chi connectivity index (χ4v) is 5.41. The van der Waals surface area contributed by atoms with Crippen molar-refractivity contribution in [3.8, 4) is 0 Å². The summed E-state index contributed by atoms with van der Waals surface area (Å²) in [6.45, 7) is 10.4. The molecule has 0 amide bonds. The van der Waals surface area contributed by atoms with Crippen LogP contribution in [0.15, 0.2) is 24.3 Å². The van der Waals surface area contributed by atoms with Gasteiger partial charge in [-0.2, -0.15) is 0 Å². The van der Waals surface area contributed by atoms with E-state index in [0.717, 1.165) is 51.4 Å². The molecular formula is C41H76O4. The van der Waals surface area contributed by atoms with Crippen LogP contribution >= 0.6 is 0 Å². The highest BCUT2D eigenvalue weighted by molar-refractivity contribution is 5.71. The van der Waals surface area contributed by atoms with Crippen LogP contribution in [0.2, 0.25) is 0 Å². The largest absolute Gasteiger partial charge is 0.425 e. The van der Waals surface area contributed by atoms with Gasteiger partial charge < -0.3 is 9.47 Å². The smallest absolute Gasteiger partial charge is 0.308 e. The van der Waals surface area contributed by atoms with E-state index in [0.29, 0.717) is 12.8 Å². The van der Waals surface area contributed by atoms with Gasteiger partial charge in [-0.15, -0.1) is 0 Å². The lowest BCUT2D eigenvalue weighted by atomic mass is 9.96. The van der Waals surface area contributed by atoms with Gasteiger partial charge in [0, 0.05) is 18.3 Å². The number of carbonyl (C=O) groups is 2. The molecule has 0 atom stereocenters. The van der Waals surface area contributed by atoms with Crippen molar-refractivity contribution in [2.24, 2.45) is 5.41 Å². The molecule has 45 heavy (non-hydrogen) atoms. The minimum atomic E-state index is -0.830. The third-order valence-corrected chi connectivity index (χ3v) is 8.47. The summed E-state index contributed by atoms with van der Waals surface area (Å²) in [6, 6.07) is 0. The van der Waals surface area contributed by atoms with Crippen molar-refractivity contribution in [2.75, 3.05) is 0 Å². The molecule has 0 spiro atoms. The third kappa shape index (κ3) is 32.2. The first kappa shape index (κ1) is 43.4. The first-order valence-corrected chi connectivity index (χ1v) is 19.5. The average molecular weight is 633 g/mol. The first-order valence-electron chi connectivity index (χ1n) is 19.5. The second-order valence-electron chi connectivity index (χ2n) is 14.3. The van der Waals surface area contributed by atoms with Crippen LogP contribution in [0.5, 0.6) is 0 Å². The zero-order valence-corrected chi connectivity index (χ0v) is 30.8. The second-order valence-corrected chi connectivity index (χ2v) is 14.3. The number of hydrogen-bond donors (Lipinski definition) is 0. The normalized spacial score (nSPS) is 12.7. The Morgan fingerprint density at radius 3 is 1.00 bits per heavy atom. The summed E-state index contributed by atoms with van der Waals surface area (Å²) in [4.78, 5) is 25.0. The van der Waals surface area contributed by atoms with Gasteiger partial charge in [0.15, 0.2) is 0 Å². The molecule has 0 radical (unpaired) electrons. The zero-order valence-electron chi connectivity index (χ0n) is 30.8. The topological polar surface area (TPSA) is 52.6 Å². The molecule has 0 aromatic carbocycles. The number of esters is 2. The van der Waals surface area contributed by atoms with Gasteiger partial charge in [0.05, 0.1) is 0 Å². The van der Waals surface area contributed by atoms with Crippen LogP contribution in [0.3, 0.4) is 0 Å². The summed E-state index contributed by atoms with van der Waals surface area (Å²) >= 11 is 0. The maximum atomic E-state index is 12.5. The maximum absolute atomic E-state index is 12.5. The number of ether oxygens (including phenoxy) is 2. The predicted octanol–water partition coefficient (Wildman–Crippen LogP) is 13.5. The van der Waals surface area contributed by atoms with Crippen molar-refractivity contribution in [3.63, 3.8) is 0 Å². The van der Waals surface area contributed by atoms with E-state index in [4.69, 9.17) is 9.47 Å². The van der Waals surface area contributed by atoms with E-state index in [1.165, 1.54) is 116 Å². The summed E-state index contributed by atoms with van der Waals surface area (Å²) in [5.41, 5.74) is -0.448. The molecule has 0 saturated carbocycles. The predicted molar refractivity (Wildman–Crippen MR) is 194 cm³/mol. The van der Waals surface area contributed by atoms with E-state index >= 15 is 0 Å². The molecule has 4 nitrogen and oxygen atoms in total. The van der Waals surface area contributed by atoms with Crippen molar-refractivity contribution in [2.45, 2.75) is 221 Å². The molecule has 0 aliphatic heterocycles. The standard InChI is InChI=1S/C41H76O4/c1-6-8-10-12-14-16-18-20-22-24-26-28-30-32-34-36-38(42)44-40(41(3,4)5)45-39(43)37-35-33-31-29-27-25-23-21-19-17-15-13-11-9-7-2/h20-23,40H,6-19,24-37H2,1-5H3. The van der Waals surface area contributed by atoms with E-state index in [-0.39, 0.29) is 11.9 Å². The number of carbonyl (C=O) groups excluding carboxylic acids is 2. The molecule has 0 saturated heterocycles. The molecule has 0 bridgehead atoms. The van der Waals surface area contributed by atoms with Crippen molar-refractivity contribution in [3.05, 3.63) is 24.3 Å². The Morgan fingerprint density at radius 1 is 0.444 bits per heavy atom. The SMILES string of the molecule is CCCCCCCCC=CCCCCCCCC(=O)OC(OC(=O)CCCCCCCC=CCCCCCCCC)C(C)(C)C. The van der Waals surface area contributed by atoms with E-state index in [1.54, 1.807) is 0 Å². The third-order valence-electron chi connectivity index (χ3n) is 8.47. The summed E-state index contributed by atoms with van der Waals surface area (Å²) < 4.78 is 11.3. The molecule has 0 fully saturated rings. The van der Waals surface area contributed by atoms with Gasteiger partial charge in [-0.05, 0) is 64.2 Å². The molecule has 0 aromatic heterocycles. The first-order chi connectivity index (χ1) is 21.8. The number of allylic oxidation sites excluding steroid dienone is 4. The molecule has 264 valence electrons. The Morgan fingerprint density at radius 2 is 0.711 bits per heavy atom. The highest BCUT2D eigenvalue weighted by atomic mass is 16.7. The molecule has 0 aliphatic carbocycles. The quantitative estimate of drug-likeness (QED) is 0.0320. The van der Waals surface area contributed by atoms with E-state index in [9.17, 15) is 9.59 Å². The number of rotatable bonds is 32. The Hall–Kier alpha value is -1.58. The lowest BCUT2D eigenvalue weighted by Crippen LogP contribution is -2.36. The summed E-state index contributed by atoms with van der Waals surface area (Å²) in [5.74, 6) is -0.525.